The summed E-state index contributed by atoms with van der Waals surface area (Å²) in [5.74, 6) is 2.88. The second-order valence-electron chi connectivity index (χ2n) is 6.59. The van der Waals surface area contributed by atoms with Gasteiger partial charge in [-0.15, -0.1) is 0 Å². The summed E-state index contributed by atoms with van der Waals surface area (Å²) in [5, 5.41) is 0. The van der Waals surface area contributed by atoms with Gasteiger partial charge in [-0.2, -0.15) is 0 Å². The number of para-hydroxylation sites is 2. The van der Waals surface area contributed by atoms with Gasteiger partial charge < -0.3 is 18.8 Å². The van der Waals surface area contributed by atoms with E-state index in [1.165, 1.54) is 0 Å². The second kappa shape index (κ2) is 7.32. The maximum Gasteiger partial charge on any atom is 0.221 e. The van der Waals surface area contributed by atoms with Crippen LogP contribution in [0.4, 0.5) is 0 Å². The molecule has 1 aromatic heterocycles. The zero-order chi connectivity index (χ0) is 17.9. The lowest BCUT2D eigenvalue weighted by atomic mass is 10.1. The molecule has 4 rings (SSSR count). The molecule has 0 bridgehead atoms. The van der Waals surface area contributed by atoms with Crippen LogP contribution in [0.25, 0.3) is 22.6 Å². The molecule has 0 spiro atoms. The zero-order valence-corrected chi connectivity index (χ0v) is 15.1. The molecular weight excluding hydrogens is 328 g/mol. The van der Waals surface area contributed by atoms with Gasteiger partial charge in [-0.25, -0.2) is 4.98 Å². The lowest BCUT2D eigenvalue weighted by Gasteiger charge is -2.09. The van der Waals surface area contributed by atoms with Crippen LogP contribution in [0.5, 0.6) is 11.5 Å². The van der Waals surface area contributed by atoms with Crippen molar-refractivity contribution < 1.29 is 13.9 Å². The highest BCUT2D eigenvalue weighted by molar-refractivity contribution is 5.85. The number of oxazole rings is 1. The van der Waals surface area contributed by atoms with Crippen molar-refractivity contribution in [2.45, 2.75) is 13.0 Å². The SMILES string of the molecule is CN(C)CCCOCc1nc2c(o1)-c1ccccc1Oc1ccccc1-2. The third-order valence-electron chi connectivity index (χ3n) is 4.28. The van der Waals surface area contributed by atoms with Gasteiger partial charge in [-0.3, -0.25) is 0 Å². The number of hydrogen-bond donors (Lipinski definition) is 0. The van der Waals surface area contributed by atoms with Crippen LogP contribution in [-0.2, 0) is 11.3 Å². The summed E-state index contributed by atoms with van der Waals surface area (Å²) in [5.41, 5.74) is 2.64. The van der Waals surface area contributed by atoms with E-state index in [0.29, 0.717) is 19.1 Å². The Morgan fingerprint density at radius 1 is 0.962 bits per heavy atom. The molecule has 2 heterocycles. The van der Waals surface area contributed by atoms with E-state index in [2.05, 4.69) is 19.0 Å². The van der Waals surface area contributed by atoms with Crippen LogP contribution in [0, 0.1) is 0 Å². The smallest absolute Gasteiger partial charge is 0.221 e. The third-order valence-corrected chi connectivity index (χ3v) is 4.28. The van der Waals surface area contributed by atoms with Crippen molar-refractivity contribution in [3.05, 3.63) is 54.4 Å². The number of hydrogen-bond acceptors (Lipinski definition) is 5. The van der Waals surface area contributed by atoms with E-state index in [4.69, 9.17) is 18.9 Å². The number of rotatable bonds is 6. The minimum atomic E-state index is 0.367. The molecule has 0 amide bonds. The molecule has 1 aliphatic rings. The fourth-order valence-electron chi connectivity index (χ4n) is 3.05. The zero-order valence-electron chi connectivity index (χ0n) is 15.1. The van der Waals surface area contributed by atoms with Crippen molar-refractivity contribution in [1.29, 1.82) is 0 Å². The van der Waals surface area contributed by atoms with Crippen LogP contribution in [0.2, 0.25) is 0 Å². The van der Waals surface area contributed by atoms with Gasteiger partial charge in [0.05, 0.1) is 5.56 Å². The summed E-state index contributed by atoms with van der Waals surface area (Å²) < 4.78 is 17.9. The third kappa shape index (κ3) is 3.36. The summed E-state index contributed by atoms with van der Waals surface area (Å²) in [6.45, 7) is 2.05. The summed E-state index contributed by atoms with van der Waals surface area (Å²) in [4.78, 5) is 6.85. The van der Waals surface area contributed by atoms with E-state index in [9.17, 15) is 0 Å². The highest BCUT2D eigenvalue weighted by Crippen LogP contribution is 2.46. The monoisotopic (exact) mass is 350 g/mol. The quantitative estimate of drug-likeness (QED) is 0.476. The van der Waals surface area contributed by atoms with Crippen molar-refractivity contribution >= 4 is 0 Å². The molecule has 0 aliphatic carbocycles. The Hall–Kier alpha value is -2.63. The Morgan fingerprint density at radius 3 is 2.42 bits per heavy atom. The van der Waals surface area contributed by atoms with Crippen molar-refractivity contribution in [3.8, 4) is 34.1 Å². The van der Waals surface area contributed by atoms with Gasteiger partial charge in [0, 0.05) is 12.2 Å². The second-order valence-corrected chi connectivity index (χ2v) is 6.59. The van der Waals surface area contributed by atoms with Crippen molar-refractivity contribution in [2.24, 2.45) is 0 Å². The molecule has 5 heteroatoms. The first kappa shape index (κ1) is 16.8. The predicted octanol–water partition coefficient (Wildman–Crippen LogP) is 4.58. The van der Waals surface area contributed by atoms with Gasteiger partial charge in [-0.05, 0) is 51.3 Å². The van der Waals surface area contributed by atoms with E-state index in [-0.39, 0.29) is 0 Å². The maximum absolute atomic E-state index is 6.08. The number of benzene rings is 2. The molecular formula is C21H22N2O3. The standard InChI is InChI=1S/C21H22N2O3/c1-23(2)12-7-13-24-14-19-22-20-15-8-3-5-10-17(15)25-18-11-6-4-9-16(18)21(20)26-19/h3-6,8-11H,7,12-14H2,1-2H3. The molecule has 1 aliphatic heterocycles. The highest BCUT2D eigenvalue weighted by atomic mass is 16.5. The molecule has 5 nitrogen and oxygen atoms in total. The average Bonchev–Trinajstić information content (AvgIpc) is 3.01. The van der Waals surface area contributed by atoms with Gasteiger partial charge in [0.25, 0.3) is 0 Å². The van der Waals surface area contributed by atoms with Gasteiger partial charge in [-0.1, -0.05) is 24.3 Å². The van der Waals surface area contributed by atoms with Crippen molar-refractivity contribution in [3.63, 3.8) is 0 Å². The largest absolute Gasteiger partial charge is 0.456 e. The van der Waals surface area contributed by atoms with Gasteiger partial charge in [0.2, 0.25) is 5.89 Å². The van der Waals surface area contributed by atoms with Crippen LogP contribution >= 0.6 is 0 Å². The Bertz CT molecular complexity index is 839. The normalized spacial score (nSPS) is 12.1. The fourth-order valence-corrected chi connectivity index (χ4v) is 3.05. The molecule has 0 unspecified atom stereocenters. The summed E-state index contributed by atoms with van der Waals surface area (Å²) in [6, 6.07) is 15.8. The molecule has 0 radical (unpaired) electrons. The number of ether oxygens (including phenoxy) is 2. The first-order valence-electron chi connectivity index (χ1n) is 8.81. The minimum absolute atomic E-state index is 0.367. The average molecular weight is 350 g/mol. The van der Waals surface area contributed by atoms with Crippen LogP contribution < -0.4 is 4.74 Å². The lowest BCUT2D eigenvalue weighted by Crippen LogP contribution is -2.14. The van der Waals surface area contributed by atoms with Crippen LogP contribution in [0.1, 0.15) is 12.3 Å². The maximum atomic E-state index is 6.08. The number of fused-ring (bicyclic) bond motifs is 5. The molecule has 2 aromatic carbocycles. The Labute approximate surface area is 153 Å². The van der Waals surface area contributed by atoms with E-state index in [1.807, 2.05) is 48.5 Å². The summed E-state index contributed by atoms with van der Waals surface area (Å²) in [6.07, 6.45) is 0.979. The van der Waals surface area contributed by atoms with Gasteiger partial charge >= 0.3 is 0 Å². The van der Waals surface area contributed by atoms with Crippen LogP contribution in [-0.4, -0.2) is 37.1 Å². The molecule has 26 heavy (non-hydrogen) atoms. The molecule has 0 saturated heterocycles. The Kier molecular flexibility index (Phi) is 4.73. The number of aromatic nitrogens is 1. The van der Waals surface area contributed by atoms with Crippen molar-refractivity contribution in [2.75, 3.05) is 27.2 Å². The first-order valence-corrected chi connectivity index (χ1v) is 8.81. The van der Waals surface area contributed by atoms with E-state index >= 15 is 0 Å². The molecule has 0 atom stereocenters. The van der Waals surface area contributed by atoms with Gasteiger partial charge in [0.1, 0.15) is 23.8 Å². The lowest BCUT2D eigenvalue weighted by molar-refractivity contribution is 0.0965. The van der Waals surface area contributed by atoms with E-state index < -0.39 is 0 Å². The Balaban J connectivity index is 1.62. The molecule has 0 N–H and O–H groups in total. The van der Waals surface area contributed by atoms with Crippen LogP contribution in [0.3, 0.4) is 0 Å². The van der Waals surface area contributed by atoms with E-state index in [0.717, 1.165) is 47.0 Å². The van der Waals surface area contributed by atoms with Crippen LogP contribution in [0.15, 0.2) is 52.9 Å². The highest BCUT2D eigenvalue weighted by Gasteiger charge is 2.25. The fraction of sp³-hybridized carbons (Fsp3) is 0.286. The molecule has 3 aromatic rings. The summed E-state index contributed by atoms with van der Waals surface area (Å²) in [7, 11) is 4.12. The topological polar surface area (TPSA) is 47.7 Å². The summed E-state index contributed by atoms with van der Waals surface area (Å²) >= 11 is 0. The Morgan fingerprint density at radius 2 is 1.65 bits per heavy atom. The molecule has 0 fully saturated rings. The molecule has 134 valence electrons. The molecule has 0 saturated carbocycles. The first-order chi connectivity index (χ1) is 12.7. The van der Waals surface area contributed by atoms with Gasteiger partial charge in [0.15, 0.2) is 5.76 Å². The predicted molar refractivity (Wildman–Crippen MR) is 100 cm³/mol. The number of nitrogens with zero attached hydrogens (tertiary/aromatic N) is 2. The minimum Gasteiger partial charge on any atom is -0.456 e. The van der Waals surface area contributed by atoms with Crippen molar-refractivity contribution in [1.82, 2.24) is 9.88 Å². The van der Waals surface area contributed by atoms with E-state index in [1.54, 1.807) is 0 Å².